The summed E-state index contributed by atoms with van der Waals surface area (Å²) in [6.07, 6.45) is 3.70. The van der Waals surface area contributed by atoms with E-state index in [2.05, 4.69) is 20.6 Å². The highest BCUT2D eigenvalue weighted by Crippen LogP contribution is 2.13. The Morgan fingerprint density at radius 3 is 2.56 bits per heavy atom. The Bertz CT molecular complexity index is 838. The smallest absolute Gasteiger partial charge is 0.271 e. The van der Waals surface area contributed by atoms with Crippen LogP contribution in [-0.2, 0) is 6.42 Å². The highest BCUT2D eigenvalue weighted by atomic mass is 35.5. The molecule has 25 heavy (non-hydrogen) atoms. The van der Waals surface area contributed by atoms with Gasteiger partial charge in [-0.25, -0.2) is 9.97 Å². The molecule has 5 nitrogen and oxygen atoms in total. The summed E-state index contributed by atoms with van der Waals surface area (Å²) in [6, 6.07) is 17.2. The van der Waals surface area contributed by atoms with Crippen LogP contribution in [0.5, 0.6) is 0 Å². The number of benzene rings is 2. The molecule has 0 spiro atoms. The van der Waals surface area contributed by atoms with E-state index in [4.69, 9.17) is 11.6 Å². The predicted octanol–water partition coefficient (Wildman–Crippen LogP) is 3.85. The summed E-state index contributed by atoms with van der Waals surface area (Å²) in [7, 11) is 0. The van der Waals surface area contributed by atoms with Crippen molar-refractivity contribution >= 4 is 29.0 Å². The molecule has 0 radical (unpaired) electrons. The number of hydrogen-bond donors (Lipinski definition) is 2. The SMILES string of the molecule is O=C(NCCc1cccc(Cl)c1)c1cnc(Nc2ccccc2)cn1. The third kappa shape index (κ3) is 5.02. The number of aromatic nitrogens is 2. The summed E-state index contributed by atoms with van der Waals surface area (Å²) >= 11 is 5.94. The van der Waals surface area contributed by atoms with Crippen molar-refractivity contribution < 1.29 is 4.79 Å². The minimum atomic E-state index is -0.249. The average molecular weight is 353 g/mol. The van der Waals surface area contributed by atoms with Gasteiger partial charge in [0.25, 0.3) is 5.91 Å². The lowest BCUT2D eigenvalue weighted by Gasteiger charge is -2.07. The molecule has 0 saturated heterocycles. The zero-order valence-corrected chi connectivity index (χ0v) is 14.2. The number of nitrogens with zero attached hydrogens (tertiary/aromatic N) is 2. The largest absolute Gasteiger partial charge is 0.350 e. The van der Waals surface area contributed by atoms with Gasteiger partial charge in [0.15, 0.2) is 0 Å². The average Bonchev–Trinajstić information content (AvgIpc) is 2.63. The molecular formula is C19H17ClN4O. The first-order chi connectivity index (χ1) is 12.2. The molecule has 0 aliphatic heterocycles. The fraction of sp³-hybridized carbons (Fsp3) is 0.105. The van der Waals surface area contributed by atoms with Crippen molar-refractivity contribution in [3.8, 4) is 0 Å². The van der Waals surface area contributed by atoms with E-state index in [-0.39, 0.29) is 11.6 Å². The maximum absolute atomic E-state index is 12.1. The van der Waals surface area contributed by atoms with Crippen LogP contribution in [0.1, 0.15) is 16.1 Å². The van der Waals surface area contributed by atoms with Crippen molar-refractivity contribution in [1.82, 2.24) is 15.3 Å². The van der Waals surface area contributed by atoms with E-state index in [0.717, 1.165) is 11.3 Å². The monoisotopic (exact) mass is 352 g/mol. The second kappa shape index (κ2) is 8.26. The van der Waals surface area contributed by atoms with E-state index in [1.54, 1.807) is 6.20 Å². The first-order valence-electron chi connectivity index (χ1n) is 7.87. The fourth-order valence-electron chi connectivity index (χ4n) is 2.28. The van der Waals surface area contributed by atoms with Gasteiger partial charge in [-0.05, 0) is 36.2 Å². The number of rotatable bonds is 6. The topological polar surface area (TPSA) is 66.9 Å². The van der Waals surface area contributed by atoms with Crippen LogP contribution in [0.25, 0.3) is 0 Å². The lowest BCUT2D eigenvalue weighted by molar-refractivity contribution is 0.0949. The molecule has 0 aliphatic carbocycles. The number of halogens is 1. The maximum atomic E-state index is 12.1. The molecule has 1 heterocycles. The number of para-hydroxylation sites is 1. The van der Waals surface area contributed by atoms with Crippen molar-refractivity contribution in [3.63, 3.8) is 0 Å². The Morgan fingerprint density at radius 1 is 1.00 bits per heavy atom. The summed E-state index contributed by atoms with van der Waals surface area (Å²) in [5.41, 5.74) is 2.27. The summed E-state index contributed by atoms with van der Waals surface area (Å²) in [5.74, 6) is 0.336. The number of carbonyl (C=O) groups excluding carboxylic acids is 1. The molecule has 2 aromatic carbocycles. The zero-order chi connectivity index (χ0) is 17.5. The Kier molecular flexibility index (Phi) is 5.59. The minimum absolute atomic E-state index is 0.249. The first-order valence-corrected chi connectivity index (χ1v) is 8.25. The normalized spacial score (nSPS) is 10.3. The number of anilines is 2. The van der Waals surface area contributed by atoms with Gasteiger partial charge in [-0.3, -0.25) is 4.79 Å². The van der Waals surface area contributed by atoms with Crippen LogP contribution in [0.4, 0.5) is 11.5 Å². The Morgan fingerprint density at radius 2 is 1.84 bits per heavy atom. The van der Waals surface area contributed by atoms with Crippen molar-refractivity contribution in [3.05, 3.63) is 83.3 Å². The van der Waals surface area contributed by atoms with Gasteiger partial charge in [-0.2, -0.15) is 0 Å². The zero-order valence-electron chi connectivity index (χ0n) is 13.4. The number of amides is 1. The van der Waals surface area contributed by atoms with Crippen molar-refractivity contribution in [2.75, 3.05) is 11.9 Å². The molecular weight excluding hydrogens is 336 g/mol. The quantitative estimate of drug-likeness (QED) is 0.707. The molecule has 0 unspecified atom stereocenters. The van der Waals surface area contributed by atoms with E-state index in [9.17, 15) is 4.79 Å². The summed E-state index contributed by atoms with van der Waals surface area (Å²) in [5, 5.41) is 6.64. The molecule has 0 saturated carbocycles. The van der Waals surface area contributed by atoms with Crippen LogP contribution in [0.2, 0.25) is 5.02 Å². The molecule has 0 atom stereocenters. The standard InChI is InChI=1S/C19H17ClN4O/c20-15-6-4-5-14(11-15)9-10-21-19(25)17-12-23-18(13-22-17)24-16-7-2-1-3-8-16/h1-8,11-13H,9-10H2,(H,21,25)(H,23,24). The maximum Gasteiger partial charge on any atom is 0.271 e. The molecule has 3 aromatic rings. The van der Waals surface area contributed by atoms with Crippen LogP contribution in [0.3, 0.4) is 0 Å². The second-order valence-electron chi connectivity index (χ2n) is 5.41. The van der Waals surface area contributed by atoms with Gasteiger partial charge in [0.05, 0.1) is 12.4 Å². The van der Waals surface area contributed by atoms with Crippen LogP contribution >= 0.6 is 11.6 Å². The van der Waals surface area contributed by atoms with Gasteiger partial charge in [0.1, 0.15) is 11.5 Å². The number of carbonyl (C=O) groups is 1. The lowest BCUT2D eigenvalue weighted by atomic mass is 10.1. The number of hydrogen-bond acceptors (Lipinski definition) is 4. The fourth-order valence-corrected chi connectivity index (χ4v) is 2.50. The van der Waals surface area contributed by atoms with Gasteiger partial charge < -0.3 is 10.6 Å². The number of nitrogens with one attached hydrogen (secondary N) is 2. The third-order valence-corrected chi connectivity index (χ3v) is 3.75. The van der Waals surface area contributed by atoms with Gasteiger partial charge in [0.2, 0.25) is 0 Å². The van der Waals surface area contributed by atoms with E-state index in [0.29, 0.717) is 23.8 Å². The second-order valence-corrected chi connectivity index (χ2v) is 5.85. The molecule has 3 rings (SSSR count). The lowest BCUT2D eigenvalue weighted by Crippen LogP contribution is -2.26. The Hall–Kier alpha value is -2.92. The van der Waals surface area contributed by atoms with Gasteiger partial charge in [0, 0.05) is 17.3 Å². The van der Waals surface area contributed by atoms with Crippen molar-refractivity contribution in [2.45, 2.75) is 6.42 Å². The molecule has 0 fully saturated rings. The third-order valence-electron chi connectivity index (χ3n) is 3.52. The molecule has 0 aliphatic rings. The molecule has 1 amide bonds. The summed E-state index contributed by atoms with van der Waals surface area (Å²) < 4.78 is 0. The van der Waals surface area contributed by atoms with E-state index < -0.39 is 0 Å². The Balaban J connectivity index is 1.52. The first kappa shape index (κ1) is 16.9. The molecule has 6 heteroatoms. The van der Waals surface area contributed by atoms with E-state index in [1.165, 1.54) is 6.20 Å². The van der Waals surface area contributed by atoms with Crippen LogP contribution in [0.15, 0.2) is 67.0 Å². The summed E-state index contributed by atoms with van der Waals surface area (Å²) in [4.78, 5) is 20.5. The molecule has 1 aromatic heterocycles. The predicted molar refractivity (Wildman–Crippen MR) is 99.2 cm³/mol. The van der Waals surface area contributed by atoms with Crippen molar-refractivity contribution in [2.24, 2.45) is 0 Å². The molecule has 0 bridgehead atoms. The molecule has 2 N–H and O–H groups in total. The van der Waals surface area contributed by atoms with Gasteiger partial charge in [-0.15, -0.1) is 0 Å². The van der Waals surface area contributed by atoms with Crippen LogP contribution in [-0.4, -0.2) is 22.4 Å². The van der Waals surface area contributed by atoms with E-state index in [1.807, 2.05) is 54.6 Å². The summed E-state index contributed by atoms with van der Waals surface area (Å²) in [6.45, 7) is 0.505. The van der Waals surface area contributed by atoms with Crippen LogP contribution in [0, 0.1) is 0 Å². The van der Waals surface area contributed by atoms with Gasteiger partial charge >= 0.3 is 0 Å². The van der Waals surface area contributed by atoms with Gasteiger partial charge in [-0.1, -0.05) is 41.9 Å². The van der Waals surface area contributed by atoms with Crippen molar-refractivity contribution in [1.29, 1.82) is 0 Å². The van der Waals surface area contributed by atoms with Crippen LogP contribution < -0.4 is 10.6 Å². The van der Waals surface area contributed by atoms with E-state index >= 15 is 0 Å². The highest BCUT2D eigenvalue weighted by molar-refractivity contribution is 6.30. The minimum Gasteiger partial charge on any atom is -0.350 e. The Labute approximate surface area is 151 Å². The molecule has 126 valence electrons. The highest BCUT2D eigenvalue weighted by Gasteiger charge is 2.07.